The summed E-state index contributed by atoms with van der Waals surface area (Å²) in [7, 11) is 1.30. The van der Waals surface area contributed by atoms with Crippen LogP contribution in [0, 0.1) is 15.2 Å². The number of carbonyl (C=O) groups excluding carboxylic acids is 1. The van der Waals surface area contributed by atoms with Gasteiger partial charge in [-0.2, -0.15) is 4.39 Å². The van der Waals surface area contributed by atoms with E-state index in [4.69, 9.17) is 5.11 Å². The molecule has 1 aromatic carbocycles. The van der Waals surface area contributed by atoms with Crippen LogP contribution in [0.1, 0.15) is 10.4 Å². The van der Waals surface area contributed by atoms with E-state index in [0.717, 1.165) is 9.47 Å². The highest BCUT2D eigenvalue weighted by Gasteiger charge is 2.33. The van der Waals surface area contributed by atoms with Gasteiger partial charge < -0.3 is 25.7 Å². The van der Waals surface area contributed by atoms with Gasteiger partial charge in [-0.15, -0.1) is 0 Å². The van der Waals surface area contributed by atoms with Crippen molar-refractivity contribution in [1.29, 1.82) is 0 Å². The molecule has 1 atom stereocenters. The van der Waals surface area contributed by atoms with Crippen molar-refractivity contribution in [2.24, 2.45) is 7.05 Å². The number of amides is 1. The number of nitrogens with one attached hydrogen (secondary N) is 2. The van der Waals surface area contributed by atoms with Crippen molar-refractivity contribution in [3.05, 3.63) is 49.3 Å². The van der Waals surface area contributed by atoms with E-state index in [1.54, 1.807) is 6.07 Å². The highest BCUT2D eigenvalue weighted by atomic mass is 127. The van der Waals surface area contributed by atoms with Crippen LogP contribution in [0.5, 0.6) is 0 Å². The van der Waals surface area contributed by atoms with Crippen LogP contribution in [0.3, 0.4) is 0 Å². The fraction of sp³-hybridized carbons (Fsp3) is 0.294. The Morgan fingerprint density at radius 3 is 2.71 bits per heavy atom. The van der Waals surface area contributed by atoms with E-state index in [1.165, 1.54) is 19.2 Å². The molecule has 3 rings (SSSR count). The van der Waals surface area contributed by atoms with Crippen molar-refractivity contribution in [2.45, 2.75) is 6.10 Å². The van der Waals surface area contributed by atoms with Crippen LogP contribution in [0.25, 0.3) is 0 Å². The molecule has 0 aliphatic carbocycles. The maximum atomic E-state index is 14.8. The van der Waals surface area contributed by atoms with Gasteiger partial charge in [0.1, 0.15) is 17.2 Å². The van der Waals surface area contributed by atoms with E-state index in [2.05, 4.69) is 10.6 Å². The van der Waals surface area contributed by atoms with Crippen LogP contribution in [0.2, 0.25) is 0 Å². The zero-order chi connectivity index (χ0) is 20.6. The van der Waals surface area contributed by atoms with E-state index in [0.29, 0.717) is 3.57 Å². The van der Waals surface area contributed by atoms with Gasteiger partial charge in [0.15, 0.2) is 0 Å². The lowest BCUT2D eigenvalue weighted by Gasteiger charge is -2.33. The summed E-state index contributed by atoms with van der Waals surface area (Å²) in [5.41, 5.74) is -1.75. The molecule has 8 nitrogen and oxygen atoms in total. The maximum Gasteiger partial charge on any atom is 0.290 e. The second-order valence-corrected chi connectivity index (χ2v) is 7.47. The molecule has 2 heterocycles. The number of fused-ring (bicyclic) bond motifs is 1. The first-order chi connectivity index (χ1) is 13.2. The molecule has 0 unspecified atom stereocenters. The Hall–Kier alpha value is -2.25. The van der Waals surface area contributed by atoms with Crippen molar-refractivity contribution in [2.75, 3.05) is 30.5 Å². The summed E-state index contributed by atoms with van der Waals surface area (Å²) >= 11 is 1.91. The Bertz CT molecular complexity index is 998. The third-order valence-electron chi connectivity index (χ3n) is 4.31. The molecule has 28 heavy (non-hydrogen) atoms. The Kier molecular flexibility index (Phi) is 5.86. The number of halogens is 3. The molecule has 0 fully saturated rings. The number of aliphatic hydroxyl groups excluding tert-OH is 2. The van der Waals surface area contributed by atoms with Crippen LogP contribution in [0.15, 0.2) is 23.0 Å². The van der Waals surface area contributed by atoms with Crippen LogP contribution in [0.4, 0.5) is 26.0 Å². The lowest BCUT2D eigenvalue weighted by Crippen LogP contribution is -2.47. The first-order valence-electron chi connectivity index (χ1n) is 8.21. The third kappa shape index (κ3) is 3.69. The summed E-state index contributed by atoms with van der Waals surface area (Å²) in [4.78, 5) is 26.3. The number of anilines is 3. The normalized spacial score (nSPS) is 14.5. The summed E-state index contributed by atoms with van der Waals surface area (Å²) < 4.78 is 30.6. The molecule has 0 saturated carbocycles. The number of carbonyl (C=O) groups is 1. The van der Waals surface area contributed by atoms with Crippen molar-refractivity contribution in [3.8, 4) is 0 Å². The highest BCUT2D eigenvalue weighted by Crippen LogP contribution is 2.32. The van der Waals surface area contributed by atoms with E-state index in [1.807, 2.05) is 22.6 Å². The average Bonchev–Trinajstić information content (AvgIpc) is 2.66. The SMILES string of the molecule is Cn1c2c(c(Nc3ccc(I)cc3F)c(F)c1=O)C(=O)N(C[C@@H](O)CO)CN2. The number of aliphatic hydroxyl groups is 2. The van der Waals surface area contributed by atoms with Crippen molar-refractivity contribution < 1.29 is 23.8 Å². The smallest absolute Gasteiger partial charge is 0.290 e. The number of benzene rings is 1. The van der Waals surface area contributed by atoms with Gasteiger partial charge in [-0.25, -0.2) is 4.39 Å². The number of pyridine rings is 1. The standard InChI is InChI=1S/C17H17F2IN4O4/c1-23-15-12(16(27)24(7-21-15)5-9(26)6-25)14(13(19)17(23)28)22-11-3-2-8(20)4-10(11)18/h2-4,9,21-22,25-26H,5-7H2,1H3/t9-/m1/s1. The minimum absolute atomic E-state index is 0.0564. The molecule has 0 bridgehead atoms. The fourth-order valence-electron chi connectivity index (χ4n) is 2.87. The van der Waals surface area contributed by atoms with Crippen LogP contribution >= 0.6 is 22.6 Å². The number of aromatic nitrogens is 1. The molecule has 150 valence electrons. The maximum absolute atomic E-state index is 14.8. The molecule has 1 aliphatic rings. The average molecular weight is 506 g/mol. The predicted molar refractivity (Wildman–Crippen MR) is 107 cm³/mol. The van der Waals surface area contributed by atoms with Gasteiger partial charge in [0.2, 0.25) is 5.82 Å². The quantitative estimate of drug-likeness (QED) is 0.455. The number of hydrogen-bond acceptors (Lipinski definition) is 6. The van der Waals surface area contributed by atoms with Gasteiger partial charge in [0.05, 0.1) is 37.3 Å². The van der Waals surface area contributed by atoms with Crippen LogP contribution in [-0.2, 0) is 7.05 Å². The van der Waals surface area contributed by atoms with Crippen LogP contribution < -0.4 is 16.2 Å². The minimum Gasteiger partial charge on any atom is -0.394 e. The number of β-amino-alcohol motifs (C(OH)–C–C–N with tert-alkyl or cyclic N) is 1. The van der Waals surface area contributed by atoms with Gasteiger partial charge in [0, 0.05) is 10.6 Å². The summed E-state index contributed by atoms with van der Waals surface area (Å²) in [6, 6.07) is 4.17. The summed E-state index contributed by atoms with van der Waals surface area (Å²) in [5.74, 6) is -2.52. The van der Waals surface area contributed by atoms with Gasteiger partial charge in [-0.1, -0.05) is 0 Å². The Morgan fingerprint density at radius 2 is 2.07 bits per heavy atom. The Morgan fingerprint density at radius 1 is 1.36 bits per heavy atom. The molecular formula is C17H17F2IN4O4. The summed E-state index contributed by atoms with van der Waals surface area (Å²) in [5, 5.41) is 24.0. The fourth-order valence-corrected chi connectivity index (χ4v) is 3.32. The Balaban J connectivity index is 2.12. The topological polar surface area (TPSA) is 107 Å². The second kappa shape index (κ2) is 8.01. The van der Waals surface area contributed by atoms with Crippen molar-refractivity contribution in [1.82, 2.24) is 9.47 Å². The van der Waals surface area contributed by atoms with Crippen LogP contribution in [-0.4, -0.2) is 51.5 Å². The molecule has 2 aromatic rings. The molecular weight excluding hydrogens is 489 g/mol. The molecule has 1 aromatic heterocycles. The zero-order valence-electron chi connectivity index (χ0n) is 14.7. The lowest BCUT2D eigenvalue weighted by molar-refractivity contribution is 0.0466. The number of nitrogens with zero attached hydrogens (tertiary/aromatic N) is 2. The molecule has 11 heteroatoms. The highest BCUT2D eigenvalue weighted by molar-refractivity contribution is 14.1. The molecule has 4 N–H and O–H groups in total. The van der Waals surface area contributed by atoms with Gasteiger partial charge in [-0.05, 0) is 40.8 Å². The molecule has 1 amide bonds. The first-order valence-corrected chi connectivity index (χ1v) is 9.29. The number of rotatable bonds is 5. The monoisotopic (exact) mass is 506 g/mol. The predicted octanol–water partition coefficient (Wildman–Crippen LogP) is 1.19. The molecule has 0 spiro atoms. The van der Waals surface area contributed by atoms with Crippen molar-refractivity contribution in [3.63, 3.8) is 0 Å². The second-order valence-electron chi connectivity index (χ2n) is 6.22. The third-order valence-corrected chi connectivity index (χ3v) is 4.98. The molecule has 0 radical (unpaired) electrons. The number of hydrogen-bond donors (Lipinski definition) is 4. The van der Waals surface area contributed by atoms with Gasteiger partial charge in [0.25, 0.3) is 11.5 Å². The van der Waals surface area contributed by atoms with Gasteiger partial charge in [-0.3, -0.25) is 14.2 Å². The minimum atomic E-state index is -1.24. The largest absolute Gasteiger partial charge is 0.394 e. The summed E-state index contributed by atoms with van der Waals surface area (Å²) in [6.45, 7) is -0.819. The van der Waals surface area contributed by atoms with Crippen molar-refractivity contribution >= 4 is 45.7 Å². The first kappa shape index (κ1) is 20.5. The van der Waals surface area contributed by atoms with E-state index in [-0.39, 0.29) is 30.3 Å². The zero-order valence-corrected chi connectivity index (χ0v) is 16.8. The Labute approximate surface area is 171 Å². The molecule has 0 saturated heterocycles. The van der Waals surface area contributed by atoms with E-state index >= 15 is 0 Å². The van der Waals surface area contributed by atoms with E-state index in [9.17, 15) is 23.5 Å². The summed E-state index contributed by atoms with van der Waals surface area (Å²) in [6.07, 6.45) is -1.19. The lowest BCUT2D eigenvalue weighted by atomic mass is 10.1. The van der Waals surface area contributed by atoms with E-state index < -0.39 is 41.5 Å². The molecule has 1 aliphatic heterocycles. The van der Waals surface area contributed by atoms with Gasteiger partial charge >= 0.3 is 0 Å².